The maximum Gasteiger partial charge on any atom is 0.410 e. The lowest BCUT2D eigenvalue weighted by atomic mass is 10.0. The summed E-state index contributed by atoms with van der Waals surface area (Å²) in [5.41, 5.74) is 1.36. The van der Waals surface area contributed by atoms with E-state index in [1.165, 1.54) is 35.6 Å². The maximum atomic E-state index is 13.6. The lowest BCUT2D eigenvalue weighted by molar-refractivity contribution is -0.384. The fourth-order valence-electron chi connectivity index (χ4n) is 4.46. The minimum atomic E-state index is -0.601. The van der Waals surface area contributed by atoms with E-state index in [0.717, 1.165) is 10.4 Å². The molecule has 0 radical (unpaired) electrons. The number of carbonyl (C=O) groups is 3. The number of benzene rings is 3. The monoisotopic (exact) mass is 586 g/mol. The van der Waals surface area contributed by atoms with Crippen LogP contribution in [0.4, 0.5) is 21.2 Å². The Morgan fingerprint density at radius 1 is 0.952 bits per heavy atom. The number of nitrogens with one attached hydrogen (secondary N) is 2. The molecule has 11 nitrogen and oxygen atoms in total. The van der Waals surface area contributed by atoms with Gasteiger partial charge in [0.05, 0.1) is 23.6 Å². The third kappa shape index (κ3) is 6.39. The van der Waals surface area contributed by atoms with Gasteiger partial charge in [-0.15, -0.1) is 11.3 Å². The molecular formula is C30H26N4O7S. The van der Waals surface area contributed by atoms with Crippen molar-refractivity contribution >= 4 is 45.6 Å². The van der Waals surface area contributed by atoms with Gasteiger partial charge in [0.15, 0.2) is 0 Å². The highest BCUT2D eigenvalue weighted by molar-refractivity contribution is 7.17. The summed E-state index contributed by atoms with van der Waals surface area (Å²) >= 11 is 1.18. The third-order valence-corrected chi connectivity index (χ3v) is 7.58. The Morgan fingerprint density at radius 3 is 2.40 bits per heavy atom. The van der Waals surface area contributed by atoms with Crippen molar-refractivity contribution in [1.29, 1.82) is 0 Å². The molecule has 2 N–H and O–H groups in total. The van der Waals surface area contributed by atoms with Crippen LogP contribution in [0.15, 0.2) is 78.9 Å². The summed E-state index contributed by atoms with van der Waals surface area (Å²) in [5, 5.41) is 17.1. The van der Waals surface area contributed by atoms with Crippen molar-refractivity contribution in [3.63, 3.8) is 0 Å². The average molecular weight is 587 g/mol. The van der Waals surface area contributed by atoms with E-state index in [1.807, 2.05) is 30.3 Å². The second-order valence-corrected chi connectivity index (χ2v) is 10.3. The zero-order valence-corrected chi connectivity index (χ0v) is 23.3. The molecule has 214 valence electrons. The summed E-state index contributed by atoms with van der Waals surface area (Å²) in [6.45, 7) is 2.52. The van der Waals surface area contributed by atoms with Crippen LogP contribution >= 0.6 is 11.3 Å². The zero-order valence-electron chi connectivity index (χ0n) is 22.5. The van der Waals surface area contributed by atoms with Crippen LogP contribution in [-0.4, -0.2) is 40.9 Å². The van der Waals surface area contributed by atoms with Crippen LogP contribution in [0.2, 0.25) is 0 Å². The van der Waals surface area contributed by atoms with Crippen LogP contribution in [0.1, 0.15) is 38.1 Å². The van der Waals surface area contributed by atoms with Gasteiger partial charge >= 0.3 is 6.09 Å². The number of non-ortho nitro benzene ring substituents is 1. The van der Waals surface area contributed by atoms with E-state index < -0.39 is 22.8 Å². The molecule has 3 amide bonds. The van der Waals surface area contributed by atoms with Gasteiger partial charge in [-0.2, -0.15) is 0 Å². The smallest absolute Gasteiger partial charge is 0.410 e. The molecule has 1 aromatic heterocycles. The Morgan fingerprint density at radius 2 is 1.69 bits per heavy atom. The lowest BCUT2D eigenvalue weighted by Gasteiger charge is -2.26. The SMILES string of the molecule is CCOC(=O)N1CCc2c(sc(NC(=O)c3cccc([N+](=O)[O-])c3)c2C(=O)Nc2ccc(Oc3ccccc3)cc2)C1. The minimum Gasteiger partial charge on any atom is -0.457 e. The third-order valence-electron chi connectivity index (χ3n) is 6.45. The Labute approximate surface area is 244 Å². The van der Waals surface area contributed by atoms with Crippen molar-refractivity contribution in [3.05, 3.63) is 111 Å². The molecule has 12 heteroatoms. The normalized spacial score (nSPS) is 12.2. The number of nitro benzene ring substituents is 1. The molecule has 0 saturated heterocycles. The van der Waals surface area contributed by atoms with Gasteiger partial charge in [-0.25, -0.2) is 4.79 Å². The fraction of sp³-hybridized carbons (Fsp3) is 0.167. The average Bonchev–Trinajstić information content (AvgIpc) is 3.36. The van der Waals surface area contributed by atoms with Gasteiger partial charge in [-0.05, 0) is 61.4 Å². The van der Waals surface area contributed by atoms with Crippen molar-refractivity contribution in [1.82, 2.24) is 4.90 Å². The first kappa shape index (κ1) is 28.3. The molecule has 0 fully saturated rings. The molecule has 3 aromatic carbocycles. The lowest BCUT2D eigenvalue weighted by Crippen LogP contribution is -2.36. The van der Waals surface area contributed by atoms with E-state index >= 15 is 0 Å². The summed E-state index contributed by atoms with van der Waals surface area (Å²) in [7, 11) is 0. The highest BCUT2D eigenvalue weighted by Gasteiger charge is 2.31. The molecule has 5 rings (SSSR count). The number of carbonyl (C=O) groups excluding carboxylic acids is 3. The van der Waals surface area contributed by atoms with E-state index in [2.05, 4.69) is 10.6 Å². The predicted octanol–water partition coefficient (Wildman–Crippen LogP) is 6.47. The molecule has 42 heavy (non-hydrogen) atoms. The summed E-state index contributed by atoms with van der Waals surface area (Å²) in [6, 6.07) is 21.5. The fourth-order valence-corrected chi connectivity index (χ4v) is 5.72. The van der Waals surface area contributed by atoms with Crippen LogP contribution in [0, 0.1) is 10.1 Å². The van der Waals surface area contributed by atoms with E-state index in [-0.39, 0.29) is 35.0 Å². The van der Waals surface area contributed by atoms with Crippen molar-refractivity contribution in [3.8, 4) is 11.5 Å². The summed E-state index contributed by atoms with van der Waals surface area (Å²) in [6.07, 6.45) is -0.0771. The second kappa shape index (κ2) is 12.5. The van der Waals surface area contributed by atoms with Gasteiger partial charge in [-0.1, -0.05) is 24.3 Å². The maximum absolute atomic E-state index is 13.6. The first-order valence-electron chi connectivity index (χ1n) is 13.1. The van der Waals surface area contributed by atoms with Crippen molar-refractivity contribution in [2.24, 2.45) is 0 Å². The minimum absolute atomic E-state index is 0.0732. The molecule has 0 spiro atoms. The highest BCUT2D eigenvalue weighted by Crippen LogP contribution is 2.38. The number of amides is 3. The number of rotatable bonds is 8. The number of para-hydroxylation sites is 1. The summed E-state index contributed by atoms with van der Waals surface area (Å²) in [4.78, 5) is 52.0. The number of nitro groups is 1. The Kier molecular flexibility index (Phi) is 8.44. The van der Waals surface area contributed by atoms with Crippen LogP contribution < -0.4 is 15.4 Å². The van der Waals surface area contributed by atoms with E-state index in [4.69, 9.17) is 9.47 Å². The van der Waals surface area contributed by atoms with Gasteiger partial charge in [0.25, 0.3) is 17.5 Å². The van der Waals surface area contributed by atoms with Crippen LogP contribution in [0.25, 0.3) is 0 Å². The Hall–Kier alpha value is -5.23. The summed E-state index contributed by atoms with van der Waals surface area (Å²) in [5.74, 6) is 0.232. The number of nitrogens with zero attached hydrogens (tertiary/aromatic N) is 2. The number of thiophene rings is 1. The van der Waals surface area contributed by atoms with Gasteiger partial charge in [-0.3, -0.25) is 19.7 Å². The number of hydrogen-bond acceptors (Lipinski definition) is 8. The predicted molar refractivity (Wildman–Crippen MR) is 157 cm³/mol. The zero-order chi connectivity index (χ0) is 29.6. The molecule has 1 aliphatic heterocycles. The standard InChI is InChI=1S/C30H26N4O7S/c1-2-40-30(37)33-16-15-24-25(18-33)42-29(32-27(35)19-7-6-8-21(17-19)34(38)39)26(24)28(36)31-20-11-13-23(14-12-20)41-22-9-4-3-5-10-22/h3-14,17H,2,15-16,18H2,1H3,(H,31,36)(H,32,35). The van der Waals surface area contributed by atoms with E-state index in [9.17, 15) is 24.5 Å². The van der Waals surface area contributed by atoms with Gasteiger partial charge in [0.1, 0.15) is 16.5 Å². The molecular weight excluding hydrogens is 560 g/mol. The Balaban J connectivity index is 1.40. The van der Waals surface area contributed by atoms with Crippen LogP contribution in [0.5, 0.6) is 11.5 Å². The number of ether oxygens (including phenoxy) is 2. The van der Waals surface area contributed by atoms with Crippen molar-refractivity contribution in [2.45, 2.75) is 19.9 Å². The van der Waals surface area contributed by atoms with Crippen LogP contribution in [-0.2, 0) is 17.7 Å². The van der Waals surface area contributed by atoms with Crippen molar-refractivity contribution < 1.29 is 28.8 Å². The summed E-state index contributed by atoms with van der Waals surface area (Å²) < 4.78 is 11.0. The number of fused-ring (bicyclic) bond motifs is 1. The number of hydrogen-bond donors (Lipinski definition) is 2. The highest BCUT2D eigenvalue weighted by atomic mass is 32.1. The molecule has 1 aliphatic rings. The van der Waals surface area contributed by atoms with Gasteiger partial charge in [0, 0.05) is 34.8 Å². The molecule has 2 heterocycles. The van der Waals surface area contributed by atoms with Crippen LogP contribution in [0.3, 0.4) is 0 Å². The molecule has 4 aromatic rings. The second-order valence-electron chi connectivity index (χ2n) is 9.23. The topological polar surface area (TPSA) is 140 Å². The van der Waals surface area contributed by atoms with E-state index in [0.29, 0.717) is 30.2 Å². The van der Waals surface area contributed by atoms with E-state index in [1.54, 1.807) is 36.1 Å². The van der Waals surface area contributed by atoms with Gasteiger partial charge < -0.3 is 25.0 Å². The van der Waals surface area contributed by atoms with Crippen molar-refractivity contribution in [2.75, 3.05) is 23.8 Å². The molecule has 0 saturated carbocycles. The van der Waals surface area contributed by atoms with Gasteiger partial charge in [0.2, 0.25) is 0 Å². The molecule has 0 bridgehead atoms. The number of anilines is 2. The first-order chi connectivity index (χ1) is 20.3. The first-order valence-corrected chi connectivity index (χ1v) is 13.9. The quantitative estimate of drug-likeness (QED) is 0.178. The molecule has 0 atom stereocenters. The molecule has 0 unspecified atom stereocenters. The largest absolute Gasteiger partial charge is 0.457 e. The Bertz CT molecular complexity index is 1640. The molecule has 0 aliphatic carbocycles.